The van der Waals surface area contributed by atoms with E-state index in [2.05, 4.69) is 44.9 Å². The van der Waals surface area contributed by atoms with Gasteiger partial charge < -0.3 is 0 Å². The van der Waals surface area contributed by atoms with E-state index in [-0.39, 0.29) is 0 Å². The van der Waals surface area contributed by atoms with Gasteiger partial charge in [0.25, 0.3) is 0 Å². The third-order valence-corrected chi connectivity index (χ3v) is 3.41. The Kier molecular flexibility index (Phi) is 4.04. The van der Waals surface area contributed by atoms with Crippen molar-refractivity contribution in [1.29, 1.82) is 0 Å². The number of aromatic nitrogens is 6. The van der Waals surface area contributed by atoms with Gasteiger partial charge in [-0.25, -0.2) is 4.68 Å². The maximum Gasteiger partial charge on any atom is 0.151 e. The lowest BCUT2D eigenvalue weighted by Crippen LogP contribution is -2.07. The Balaban J connectivity index is 1.58. The van der Waals surface area contributed by atoms with Crippen molar-refractivity contribution in [2.24, 2.45) is 7.05 Å². The Hall–Kier alpha value is -2.50. The predicted molar refractivity (Wildman–Crippen MR) is 78.6 cm³/mol. The van der Waals surface area contributed by atoms with Crippen LogP contribution in [0.15, 0.2) is 42.7 Å². The van der Waals surface area contributed by atoms with Gasteiger partial charge in [0.1, 0.15) is 0 Å². The molecular weight excluding hydrogens is 264 g/mol. The topological polar surface area (TPSA) is 61.4 Å². The Morgan fingerprint density at radius 1 is 1.05 bits per heavy atom. The largest absolute Gasteiger partial charge is 0.275 e. The Labute approximate surface area is 123 Å². The summed E-state index contributed by atoms with van der Waals surface area (Å²) in [7, 11) is 1.91. The number of benzene rings is 1. The van der Waals surface area contributed by atoms with Crippen LogP contribution in [-0.2, 0) is 26.4 Å². The van der Waals surface area contributed by atoms with E-state index in [1.54, 1.807) is 4.68 Å². The summed E-state index contributed by atoms with van der Waals surface area (Å²) in [6.07, 6.45) is 6.78. The van der Waals surface area contributed by atoms with Crippen molar-refractivity contribution in [3.8, 4) is 0 Å². The van der Waals surface area contributed by atoms with E-state index >= 15 is 0 Å². The number of aryl methyl sites for hydroxylation is 3. The van der Waals surface area contributed by atoms with Crippen LogP contribution in [0.4, 0.5) is 0 Å². The van der Waals surface area contributed by atoms with E-state index in [9.17, 15) is 0 Å². The highest BCUT2D eigenvalue weighted by atomic mass is 15.5. The molecule has 0 amide bonds. The molecule has 3 rings (SSSR count). The van der Waals surface area contributed by atoms with Crippen molar-refractivity contribution in [3.63, 3.8) is 0 Å². The minimum Gasteiger partial charge on any atom is -0.275 e. The van der Waals surface area contributed by atoms with Crippen LogP contribution in [0.1, 0.15) is 23.4 Å². The molecule has 108 valence electrons. The SMILES string of the molecule is Cn1cc(Cn2nnnc2CCCc2ccccc2)cn1. The van der Waals surface area contributed by atoms with Crippen LogP contribution in [0, 0.1) is 0 Å². The third kappa shape index (κ3) is 3.53. The van der Waals surface area contributed by atoms with Crippen LogP contribution in [0.25, 0.3) is 0 Å². The molecule has 0 N–H and O–H groups in total. The molecule has 0 fully saturated rings. The predicted octanol–water partition coefficient (Wildman–Crippen LogP) is 1.63. The number of hydrogen-bond donors (Lipinski definition) is 0. The van der Waals surface area contributed by atoms with Gasteiger partial charge in [0.2, 0.25) is 0 Å². The molecule has 0 spiro atoms. The van der Waals surface area contributed by atoms with Gasteiger partial charge in [-0.1, -0.05) is 30.3 Å². The van der Waals surface area contributed by atoms with E-state index in [0.717, 1.165) is 30.7 Å². The van der Waals surface area contributed by atoms with Crippen molar-refractivity contribution >= 4 is 0 Å². The van der Waals surface area contributed by atoms with Crippen LogP contribution < -0.4 is 0 Å². The molecule has 0 aliphatic heterocycles. The third-order valence-electron chi connectivity index (χ3n) is 3.41. The number of nitrogens with zero attached hydrogens (tertiary/aromatic N) is 6. The molecule has 0 saturated carbocycles. The van der Waals surface area contributed by atoms with E-state index in [0.29, 0.717) is 6.54 Å². The molecule has 6 heteroatoms. The summed E-state index contributed by atoms with van der Waals surface area (Å²) < 4.78 is 3.64. The first kappa shape index (κ1) is 13.5. The number of tetrazole rings is 1. The normalized spacial score (nSPS) is 10.9. The zero-order valence-corrected chi connectivity index (χ0v) is 12.1. The Bertz CT molecular complexity index is 685. The van der Waals surface area contributed by atoms with Gasteiger partial charge in [-0.3, -0.25) is 4.68 Å². The number of hydrogen-bond acceptors (Lipinski definition) is 4. The highest BCUT2D eigenvalue weighted by molar-refractivity contribution is 5.14. The lowest BCUT2D eigenvalue weighted by atomic mass is 10.1. The van der Waals surface area contributed by atoms with Gasteiger partial charge in [-0.15, -0.1) is 5.10 Å². The van der Waals surface area contributed by atoms with Crippen molar-refractivity contribution in [2.75, 3.05) is 0 Å². The molecule has 0 atom stereocenters. The molecule has 2 heterocycles. The average Bonchev–Trinajstić information content (AvgIpc) is 3.10. The van der Waals surface area contributed by atoms with Crippen LogP contribution in [0.2, 0.25) is 0 Å². The molecule has 0 aliphatic carbocycles. The second kappa shape index (κ2) is 6.30. The second-order valence-electron chi connectivity index (χ2n) is 5.11. The molecule has 0 saturated heterocycles. The van der Waals surface area contributed by atoms with E-state index in [1.165, 1.54) is 5.56 Å². The van der Waals surface area contributed by atoms with Crippen LogP contribution in [0.5, 0.6) is 0 Å². The Morgan fingerprint density at radius 2 is 1.90 bits per heavy atom. The van der Waals surface area contributed by atoms with Gasteiger partial charge in [-0.2, -0.15) is 5.10 Å². The molecule has 6 nitrogen and oxygen atoms in total. The van der Waals surface area contributed by atoms with Gasteiger partial charge in [0.05, 0.1) is 12.7 Å². The van der Waals surface area contributed by atoms with E-state index in [1.807, 2.05) is 30.2 Å². The molecular formula is C15H18N6. The molecule has 0 unspecified atom stereocenters. The average molecular weight is 282 g/mol. The molecule has 0 radical (unpaired) electrons. The molecule has 3 aromatic rings. The zero-order valence-electron chi connectivity index (χ0n) is 12.1. The van der Waals surface area contributed by atoms with Gasteiger partial charge in [-0.05, 0) is 28.8 Å². The number of rotatable bonds is 6. The van der Waals surface area contributed by atoms with Crippen molar-refractivity contribution in [3.05, 3.63) is 59.7 Å². The fraction of sp³-hybridized carbons (Fsp3) is 0.333. The summed E-state index contributed by atoms with van der Waals surface area (Å²) >= 11 is 0. The molecule has 0 bridgehead atoms. The summed E-state index contributed by atoms with van der Waals surface area (Å²) in [5, 5.41) is 16.1. The van der Waals surface area contributed by atoms with E-state index in [4.69, 9.17) is 0 Å². The monoisotopic (exact) mass is 282 g/mol. The molecule has 1 aromatic carbocycles. The van der Waals surface area contributed by atoms with E-state index < -0.39 is 0 Å². The lowest BCUT2D eigenvalue weighted by molar-refractivity contribution is 0.606. The summed E-state index contributed by atoms with van der Waals surface area (Å²) in [6, 6.07) is 10.5. The smallest absolute Gasteiger partial charge is 0.151 e. The fourth-order valence-corrected chi connectivity index (χ4v) is 2.35. The standard InChI is InChI=1S/C15H18N6/c1-20-11-14(10-16-20)12-21-15(17-18-19-21)9-5-8-13-6-3-2-4-7-13/h2-4,6-7,10-11H,5,8-9,12H2,1H3. The zero-order chi connectivity index (χ0) is 14.5. The van der Waals surface area contributed by atoms with Gasteiger partial charge in [0.15, 0.2) is 5.82 Å². The summed E-state index contributed by atoms with van der Waals surface area (Å²) in [4.78, 5) is 0. The summed E-state index contributed by atoms with van der Waals surface area (Å²) in [6.45, 7) is 0.668. The van der Waals surface area contributed by atoms with Crippen molar-refractivity contribution in [1.82, 2.24) is 30.0 Å². The van der Waals surface area contributed by atoms with Crippen molar-refractivity contribution in [2.45, 2.75) is 25.8 Å². The summed E-state index contributed by atoms with van der Waals surface area (Å²) in [5.41, 5.74) is 2.46. The highest BCUT2D eigenvalue weighted by Crippen LogP contribution is 2.07. The van der Waals surface area contributed by atoms with Crippen LogP contribution in [0.3, 0.4) is 0 Å². The van der Waals surface area contributed by atoms with Crippen LogP contribution in [-0.4, -0.2) is 30.0 Å². The minimum atomic E-state index is 0.668. The Morgan fingerprint density at radius 3 is 2.67 bits per heavy atom. The maximum absolute atomic E-state index is 4.16. The lowest BCUT2D eigenvalue weighted by Gasteiger charge is -2.03. The molecule has 2 aromatic heterocycles. The van der Waals surface area contributed by atoms with Crippen molar-refractivity contribution < 1.29 is 0 Å². The quantitative estimate of drug-likeness (QED) is 0.689. The van der Waals surface area contributed by atoms with Crippen LogP contribution >= 0.6 is 0 Å². The fourth-order valence-electron chi connectivity index (χ4n) is 2.35. The first-order chi connectivity index (χ1) is 10.3. The highest BCUT2D eigenvalue weighted by Gasteiger charge is 2.07. The van der Waals surface area contributed by atoms with Gasteiger partial charge in [0, 0.05) is 25.2 Å². The first-order valence-electron chi connectivity index (χ1n) is 7.08. The second-order valence-corrected chi connectivity index (χ2v) is 5.11. The summed E-state index contributed by atoms with van der Waals surface area (Å²) in [5.74, 6) is 0.926. The maximum atomic E-state index is 4.16. The molecule has 0 aliphatic rings. The minimum absolute atomic E-state index is 0.668. The van der Waals surface area contributed by atoms with Gasteiger partial charge >= 0.3 is 0 Å². The molecule has 21 heavy (non-hydrogen) atoms. The first-order valence-corrected chi connectivity index (χ1v) is 7.08.